The van der Waals surface area contributed by atoms with Crippen LogP contribution in [0.5, 0.6) is 17.4 Å². The standard InChI is InChI=1S/C28H25F5N4O7/c1-35(17-5-6-20-21(14-17)44-28(32,33)43-20)26(41)16-3-2-4-18(13-16)37-24(15-22(34-37)27(29,30)31)42-19-9-11-36(12-10-19)23(38)7-8-25(39)40/h2-6,13-15,19H,7-12H2,1H3,(H,39,40). The summed E-state index contributed by atoms with van der Waals surface area (Å²) in [5.41, 5.74) is -0.895. The average molecular weight is 625 g/mol. The molecule has 0 spiro atoms. The molecular weight excluding hydrogens is 599 g/mol. The van der Waals surface area contributed by atoms with Crippen molar-refractivity contribution in [3.63, 3.8) is 0 Å². The molecule has 1 saturated heterocycles. The number of ether oxygens (including phenoxy) is 3. The van der Waals surface area contributed by atoms with Crippen LogP contribution < -0.4 is 19.1 Å². The first-order valence-electron chi connectivity index (χ1n) is 13.3. The molecule has 0 atom stereocenters. The van der Waals surface area contributed by atoms with Crippen LogP contribution in [0.4, 0.5) is 27.6 Å². The van der Waals surface area contributed by atoms with Crippen LogP contribution in [-0.2, 0) is 15.8 Å². The Labute approximate surface area is 246 Å². The second-order valence-electron chi connectivity index (χ2n) is 10.1. The van der Waals surface area contributed by atoms with E-state index in [0.29, 0.717) is 0 Å². The van der Waals surface area contributed by atoms with Crippen LogP contribution in [0, 0.1) is 0 Å². The van der Waals surface area contributed by atoms with Crippen LogP contribution in [0.2, 0.25) is 0 Å². The number of alkyl halides is 5. The fraction of sp³-hybridized carbons (Fsp3) is 0.357. The Kier molecular flexibility index (Phi) is 8.09. The van der Waals surface area contributed by atoms with E-state index in [1.807, 2.05) is 0 Å². The number of aromatic nitrogens is 2. The number of benzene rings is 2. The number of hydrogen-bond donors (Lipinski definition) is 1. The van der Waals surface area contributed by atoms with Crippen LogP contribution in [0.1, 0.15) is 41.7 Å². The molecule has 0 unspecified atom stereocenters. The van der Waals surface area contributed by atoms with Gasteiger partial charge in [-0.25, -0.2) is 4.68 Å². The lowest BCUT2D eigenvalue weighted by molar-refractivity contribution is -0.286. The third-order valence-corrected chi connectivity index (χ3v) is 7.02. The molecule has 0 saturated carbocycles. The average Bonchev–Trinajstić information content (AvgIpc) is 3.54. The van der Waals surface area contributed by atoms with Gasteiger partial charge in [-0.1, -0.05) is 6.07 Å². The summed E-state index contributed by atoms with van der Waals surface area (Å²) in [5, 5.41) is 12.5. The van der Waals surface area contributed by atoms with Gasteiger partial charge in [0.1, 0.15) is 6.10 Å². The van der Waals surface area contributed by atoms with Gasteiger partial charge in [-0.05, 0) is 30.3 Å². The van der Waals surface area contributed by atoms with Crippen LogP contribution in [-0.4, -0.2) is 70.1 Å². The summed E-state index contributed by atoms with van der Waals surface area (Å²) in [7, 11) is 1.38. The number of fused-ring (bicyclic) bond motifs is 1. The van der Waals surface area contributed by atoms with Crippen LogP contribution in [0.15, 0.2) is 48.5 Å². The number of rotatable bonds is 8. The van der Waals surface area contributed by atoms with Gasteiger partial charge in [-0.3, -0.25) is 14.4 Å². The summed E-state index contributed by atoms with van der Waals surface area (Å²) >= 11 is 0. The van der Waals surface area contributed by atoms with Crippen molar-refractivity contribution in [1.29, 1.82) is 0 Å². The van der Waals surface area contributed by atoms with Gasteiger partial charge in [-0.2, -0.15) is 18.3 Å². The van der Waals surface area contributed by atoms with Crippen molar-refractivity contribution < 1.29 is 55.7 Å². The highest BCUT2D eigenvalue weighted by Crippen LogP contribution is 2.43. The van der Waals surface area contributed by atoms with Gasteiger partial charge in [0.15, 0.2) is 17.2 Å². The van der Waals surface area contributed by atoms with Crippen molar-refractivity contribution in [1.82, 2.24) is 14.7 Å². The first-order chi connectivity index (χ1) is 20.7. The van der Waals surface area contributed by atoms with Gasteiger partial charge in [-0.15, -0.1) is 8.78 Å². The number of nitrogens with zero attached hydrogens (tertiary/aromatic N) is 4. The lowest BCUT2D eigenvalue weighted by Gasteiger charge is -2.32. The second-order valence-corrected chi connectivity index (χ2v) is 10.1. The number of halogens is 5. The molecule has 0 aliphatic carbocycles. The zero-order valence-electron chi connectivity index (χ0n) is 23.0. The molecule has 1 N–H and O–H groups in total. The maximum absolute atomic E-state index is 13.6. The molecule has 234 valence electrons. The summed E-state index contributed by atoms with van der Waals surface area (Å²) in [6.45, 7) is 0.467. The maximum atomic E-state index is 13.6. The molecule has 3 aromatic rings. The molecule has 2 aliphatic heterocycles. The van der Waals surface area contributed by atoms with E-state index in [1.54, 1.807) is 0 Å². The fourth-order valence-electron chi connectivity index (χ4n) is 4.77. The summed E-state index contributed by atoms with van der Waals surface area (Å²) < 4.78 is 83.4. The second kappa shape index (κ2) is 11.7. The van der Waals surface area contributed by atoms with E-state index in [4.69, 9.17) is 9.84 Å². The number of anilines is 1. The number of hydrogen-bond acceptors (Lipinski definition) is 7. The van der Waals surface area contributed by atoms with E-state index in [-0.39, 0.29) is 79.0 Å². The Hall–Kier alpha value is -4.89. The van der Waals surface area contributed by atoms with Gasteiger partial charge in [0, 0.05) is 62.8 Å². The number of amides is 2. The van der Waals surface area contributed by atoms with E-state index in [9.17, 15) is 36.3 Å². The Morgan fingerprint density at radius 3 is 2.43 bits per heavy atom. The SMILES string of the molecule is CN(C(=O)c1cccc(-n2nc(C(F)(F)F)cc2OC2CCN(C(=O)CCC(=O)O)CC2)c1)c1ccc2c(c1)OC(F)(F)O2. The van der Waals surface area contributed by atoms with Crippen molar-refractivity contribution in [2.24, 2.45) is 0 Å². The largest absolute Gasteiger partial charge is 0.586 e. The Bertz CT molecular complexity index is 1580. The topological polar surface area (TPSA) is 123 Å². The van der Waals surface area contributed by atoms with Crippen molar-refractivity contribution >= 4 is 23.5 Å². The van der Waals surface area contributed by atoms with E-state index in [1.165, 1.54) is 54.4 Å². The van der Waals surface area contributed by atoms with E-state index < -0.39 is 36.1 Å². The number of piperidine rings is 1. The molecule has 44 heavy (non-hydrogen) atoms. The van der Waals surface area contributed by atoms with Crippen LogP contribution in [0.25, 0.3) is 5.69 Å². The summed E-state index contributed by atoms with van der Waals surface area (Å²) in [4.78, 5) is 38.9. The number of carboxylic acid groups (broad SMARTS) is 1. The van der Waals surface area contributed by atoms with Crippen molar-refractivity contribution in [3.05, 3.63) is 59.8 Å². The number of aliphatic carboxylic acids is 1. The molecule has 11 nitrogen and oxygen atoms in total. The number of carbonyl (C=O) groups excluding carboxylic acids is 2. The minimum atomic E-state index is -4.80. The Morgan fingerprint density at radius 2 is 1.75 bits per heavy atom. The normalized spacial score (nSPS) is 16.1. The van der Waals surface area contributed by atoms with Crippen LogP contribution in [0.3, 0.4) is 0 Å². The van der Waals surface area contributed by atoms with Crippen molar-refractivity contribution in [3.8, 4) is 23.1 Å². The van der Waals surface area contributed by atoms with E-state index >= 15 is 0 Å². The van der Waals surface area contributed by atoms with Gasteiger partial charge in [0.05, 0.1) is 12.1 Å². The fourth-order valence-corrected chi connectivity index (χ4v) is 4.77. The maximum Gasteiger partial charge on any atom is 0.586 e. The smallest absolute Gasteiger partial charge is 0.481 e. The van der Waals surface area contributed by atoms with Gasteiger partial charge < -0.3 is 29.1 Å². The van der Waals surface area contributed by atoms with Crippen LogP contribution >= 0.6 is 0 Å². The molecule has 3 heterocycles. The minimum Gasteiger partial charge on any atom is -0.481 e. The lowest BCUT2D eigenvalue weighted by Crippen LogP contribution is -2.42. The molecule has 2 aromatic carbocycles. The molecule has 0 bridgehead atoms. The monoisotopic (exact) mass is 624 g/mol. The third kappa shape index (κ3) is 6.68. The van der Waals surface area contributed by atoms with Gasteiger partial charge >= 0.3 is 18.4 Å². The highest BCUT2D eigenvalue weighted by molar-refractivity contribution is 6.06. The third-order valence-electron chi connectivity index (χ3n) is 7.02. The minimum absolute atomic E-state index is 0.0520. The van der Waals surface area contributed by atoms with E-state index in [2.05, 4.69) is 14.6 Å². The Morgan fingerprint density at radius 1 is 1.05 bits per heavy atom. The highest BCUT2D eigenvalue weighted by atomic mass is 19.4. The molecule has 1 aromatic heterocycles. The number of carbonyl (C=O) groups is 3. The summed E-state index contributed by atoms with van der Waals surface area (Å²) in [6.07, 6.45) is -9.09. The van der Waals surface area contributed by atoms with Gasteiger partial charge in [0.25, 0.3) is 5.91 Å². The Balaban J connectivity index is 1.34. The molecular formula is C28H25F5N4O7. The summed E-state index contributed by atoms with van der Waals surface area (Å²) in [5.74, 6) is -2.74. The molecule has 2 amide bonds. The van der Waals surface area contributed by atoms with E-state index in [0.717, 1.165) is 15.6 Å². The number of carboxylic acids is 1. The predicted octanol–water partition coefficient (Wildman–Crippen LogP) is 4.72. The quantitative estimate of drug-likeness (QED) is 0.357. The van der Waals surface area contributed by atoms with Crippen molar-refractivity contribution in [2.45, 2.75) is 44.3 Å². The predicted molar refractivity (Wildman–Crippen MR) is 141 cm³/mol. The van der Waals surface area contributed by atoms with Gasteiger partial charge in [0.2, 0.25) is 11.8 Å². The zero-order chi connectivity index (χ0) is 31.8. The molecule has 5 rings (SSSR count). The zero-order valence-corrected chi connectivity index (χ0v) is 23.0. The first kappa shape index (κ1) is 30.6. The molecule has 16 heteroatoms. The lowest BCUT2D eigenvalue weighted by atomic mass is 10.1. The molecule has 2 aliphatic rings. The highest BCUT2D eigenvalue weighted by Gasteiger charge is 2.43. The summed E-state index contributed by atoms with van der Waals surface area (Å²) in [6, 6.07) is 10.1. The first-order valence-corrected chi connectivity index (χ1v) is 13.3. The molecule has 0 radical (unpaired) electrons. The number of likely N-dealkylation sites (tertiary alicyclic amines) is 1. The van der Waals surface area contributed by atoms with Crippen molar-refractivity contribution in [2.75, 3.05) is 25.0 Å². The molecule has 1 fully saturated rings.